The third-order valence-corrected chi connectivity index (χ3v) is 3.41. The maximum absolute atomic E-state index is 12.2. The molecule has 7 nitrogen and oxygen atoms in total. The highest BCUT2D eigenvalue weighted by Crippen LogP contribution is 2.27. The van der Waals surface area contributed by atoms with Crippen LogP contribution in [-0.2, 0) is 4.79 Å². The van der Waals surface area contributed by atoms with Crippen molar-refractivity contribution in [2.75, 3.05) is 5.32 Å². The van der Waals surface area contributed by atoms with E-state index in [1.807, 2.05) is 6.07 Å². The number of anilines is 1. The van der Waals surface area contributed by atoms with Crippen LogP contribution in [0.5, 0.6) is 5.75 Å². The van der Waals surface area contributed by atoms with Gasteiger partial charge < -0.3 is 10.1 Å². The minimum atomic E-state index is -0.867. The molecule has 0 fully saturated rings. The summed E-state index contributed by atoms with van der Waals surface area (Å²) in [5, 5.41) is 22.2. The monoisotopic (exact) mass is 345 g/mol. The number of hydrogen-bond donors (Lipinski definition) is 1. The molecule has 1 atom stereocenters. The van der Waals surface area contributed by atoms with Crippen LogP contribution in [0.1, 0.15) is 12.5 Å². The maximum atomic E-state index is 12.2. The Hall–Kier alpha value is -3.11. The van der Waals surface area contributed by atoms with Crippen molar-refractivity contribution in [2.45, 2.75) is 13.0 Å². The van der Waals surface area contributed by atoms with Gasteiger partial charge in [0.15, 0.2) is 6.10 Å². The molecule has 0 bridgehead atoms. The Labute approximate surface area is 142 Å². The number of nitrogens with zero attached hydrogens (tertiary/aromatic N) is 2. The van der Waals surface area contributed by atoms with E-state index in [0.29, 0.717) is 11.3 Å². The number of nitro benzene ring substituents is 1. The third kappa shape index (κ3) is 4.21. The topological polar surface area (TPSA) is 105 Å². The SMILES string of the molecule is CC(Oc1ccc(C#N)cc1)C(=O)Nc1cc([N+](=O)[O-])ccc1Cl. The van der Waals surface area contributed by atoms with Crippen molar-refractivity contribution >= 4 is 28.9 Å². The van der Waals surface area contributed by atoms with Crippen LogP contribution in [0.3, 0.4) is 0 Å². The van der Waals surface area contributed by atoms with Crippen molar-refractivity contribution in [3.63, 3.8) is 0 Å². The standard InChI is InChI=1S/C16H12ClN3O4/c1-10(24-13-5-2-11(9-18)3-6-13)16(21)19-15-8-12(20(22)23)4-7-14(15)17/h2-8,10H,1H3,(H,19,21). The molecule has 2 rings (SSSR count). The van der Waals surface area contributed by atoms with Gasteiger partial charge in [-0.1, -0.05) is 11.6 Å². The molecule has 0 spiro atoms. The van der Waals surface area contributed by atoms with Gasteiger partial charge in [0, 0.05) is 12.1 Å². The predicted octanol–water partition coefficient (Wildman–Crippen LogP) is 3.53. The molecule has 1 unspecified atom stereocenters. The average Bonchev–Trinajstić information content (AvgIpc) is 2.57. The van der Waals surface area contributed by atoms with Crippen LogP contribution in [0.15, 0.2) is 42.5 Å². The Morgan fingerprint density at radius 2 is 2.00 bits per heavy atom. The molecule has 0 heterocycles. The van der Waals surface area contributed by atoms with Gasteiger partial charge in [-0.2, -0.15) is 5.26 Å². The van der Waals surface area contributed by atoms with E-state index in [4.69, 9.17) is 21.6 Å². The first-order chi connectivity index (χ1) is 11.4. The van der Waals surface area contributed by atoms with Gasteiger partial charge in [-0.3, -0.25) is 14.9 Å². The fourth-order valence-corrected chi connectivity index (χ4v) is 1.99. The van der Waals surface area contributed by atoms with Crippen molar-refractivity contribution in [3.8, 4) is 11.8 Å². The minimum absolute atomic E-state index is 0.131. The van der Waals surface area contributed by atoms with E-state index in [2.05, 4.69) is 5.32 Å². The lowest BCUT2D eigenvalue weighted by molar-refractivity contribution is -0.384. The lowest BCUT2D eigenvalue weighted by Crippen LogP contribution is -2.30. The molecule has 0 aliphatic heterocycles. The zero-order valence-electron chi connectivity index (χ0n) is 12.5. The number of carbonyl (C=O) groups excluding carboxylic acids is 1. The van der Waals surface area contributed by atoms with E-state index < -0.39 is 16.9 Å². The van der Waals surface area contributed by atoms with Crippen molar-refractivity contribution < 1.29 is 14.5 Å². The van der Waals surface area contributed by atoms with Crippen LogP contribution in [0, 0.1) is 21.4 Å². The molecule has 2 aromatic carbocycles. The Kier molecular flexibility index (Phi) is 5.35. The molecule has 0 aliphatic rings. The molecular weight excluding hydrogens is 334 g/mol. The Morgan fingerprint density at radius 1 is 1.33 bits per heavy atom. The second kappa shape index (κ2) is 7.44. The third-order valence-electron chi connectivity index (χ3n) is 3.08. The number of ether oxygens (including phenoxy) is 1. The van der Waals surface area contributed by atoms with E-state index in [-0.39, 0.29) is 16.4 Å². The van der Waals surface area contributed by atoms with E-state index in [1.165, 1.54) is 25.1 Å². The summed E-state index contributed by atoms with van der Waals surface area (Å²) in [5.41, 5.74) is 0.421. The Bertz CT molecular complexity index is 815. The molecule has 24 heavy (non-hydrogen) atoms. The molecule has 1 N–H and O–H groups in total. The van der Waals surface area contributed by atoms with Crippen LogP contribution >= 0.6 is 11.6 Å². The highest BCUT2D eigenvalue weighted by Gasteiger charge is 2.18. The van der Waals surface area contributed by atoms with E-state index in [1.54, 1.807) is 24.3 Å². The molecule has 0 radical (unpaired) electrons. The number of hydrogen-bond acceptors (Lipinski definition) is 5. The smallest absolute Gasteiger partial charge is 0.271 e. The highest BCUT2D eigenvalue weighted by molar-refractivity contribution is 6.33. The predicted molar refractivity (Wildman–Crippen MR) is 88.0 cm³/mol. The number of halogens is 1. The molecule has 0 saturated heterocycles. The molecule has 1 amide bonds. The van der Waals surface area contributed by atoms with Crippen molar-refractivity contribution in [1.82, 2.24) is 0 Å². The normalized spacial score (nSPS) is 11.2. The van der Waals surface area contributed by atoms with E-state index >= 15 is 0 Å². The first-order valence-electron chi connectivity index (χ1n) is 6.82. The number of nitro groups is 1. The van der Waals surface area contributed by atoms with Gasteiger partial charge in [-0.25, -0.2) is 0 Å². The van der Waals surface area contributed by atoms with Crippen molar-refractivity contribution in [2.24, 2.45) is 0 Å². The maximum Gasteiger partial charge on any atom is 0.271 e. The second-order valence-electron chi connectivity index (χ2n) is 4.81. The number of nitrogens with one attached hydrogen (secondary N) is 1. The number of amides is 1. The van der Waals surface area contributed by atoms with Crippen molar-refractivity contribution in [3.05, 3.63) is 63.2 Å². The molecule has 8 heteroatoms. The van der Waals surface area contributed by atoms with Gasteiger partial charge in [0.2, 0.25) is 0 Å². The molecule has 122 valence electrons. The van der Waals surface area contributed by atoms with Crippen LogP contribution in [0.25, 0.3) is 0 Å². The summed E-state index contributed by atoms with van der Waals surface area (Å²) in [6.45, 7) is 1.53. The summed E-state index contributed by atoms with van der Waals surface area (Å²) in [4.78, 5) is 22.4. The van der Waals surface area contributed by atoms with Gasteiger partial charge in [-0.15, -0.1) is 0 Å². The highest BCUT2D eigenvalue weighted by atomic mass is 35.5. The van der Waals surface area contributed by atoms with Gasteiger partial charge in [-0.05, 0) is 37.3 Å². The number of carbonyl (C=O) groups is 1. The number of non-ortho nitro benzene ring substituents is 1. The summed E-state index contributed by atoms with van der Waals surface area (Å²) in [7, 11) is 0. The van der Waals surface area contributed by atoms with Gasteiger partial charge in [0.25, 0.3) is 11.6 Å². The fourth-order valence-electron chi connectivity index (χ4n) is 1.82. The van der Waals surface area contributed by atoms with Gasteiger partial charge >= 0.3 is 0 Å². The zero-order chi connectivity index (χ0) is 17.7. The summed E-state index contributed by atoms with van der Waals surface area (Å²) in [5.74, 6) is -0.0939. The second-order valence-corrected chi connectivity index (χ2v) is 5.21. The number of benzene rings is 2. The fraction of sp³-hybridized carbons (Fsp3) is 0.125. The average molecular weight is 346 g/mol. The molecular formula is C16H12ClN3O4. The summed E-state index contributed by atoms with van der Waals surface area (Å²) in [6.07, 6.45) is -0.867. The summed E-state index contributed by atoms with van der Waals surface area (Å²) < 4.78 is 5.47. The molecule has 0 aliphatic carbocycles. The molecule has 0 saturated carbocycles. The van der Waals surface area contributed by atoms with E-state index in [0.717, 1.165) is 0 Å². The van der Waals surface area contributed by atoms with E-state index in [9.17, 15) is 14.9 Å². The zero-order valence-corrected chi connectivity index (χ0v) is 13.3. The van der Waals surface area contributed by atoms with Crippen LogP contribution in [0.2, 0.25) is 5.02 Å². The summed E-state index contributed by atoms with van der Waals surface area (Å²) in [6, 6.07) is 12.0. The van der Waals surface area contributed by atoms with Crippen LogP contribution < -0.4 is 10.1 Å². The molecule has 2 aromatic rings. The van der Waals surface area contributed by atoms with Crippen LogP contribution in [-0.4, -0.2) is 16.9 Å². The number of rotatable bonds is 5. The minimum Gasteiger partial charge on any atom is -0.481 e. The first-order valence-corrected chi connectivity index (χ1v) is 7.20. The largest absolute Gasteiger partial charge is 0.481 e. The Morgan fingerprint density at radius 3 is 2.58 bits per heavy atom. The van der Waals surface area contributed by atoms with Gasteiger partial charge in [0.05, 0.1) is 27.3 Å². The van der Waals surface area contributed by atoms with Gasteiger partial charge in [0.1, 0.15) is 5.75 Å². The molecule has 0 aromatic heterocycles. The van der Waals surface area contributed by atoms with Crippen molar-refractivity contribution in [1.29, 1.82) is 5.26 Å². The lowest BCUT2D eigenvalue weighted by atomic mass is 10.2. The summed E-state index contributed by atoms with van der Waals surface area (Å²) >= 11 is 5.93. The lowest BCUT2D eigenvalue weighted by Gasteiger charge is -2.15. The first kappa shape index (κ1) is 17.2. The van der Waals surface area contributed by atoms with Crippen LogP contribution in [0.4, 0.5) is 11.4 Å². The quantitative estimate of drug-likeness (QED) is 0.659. The number of nitriles is 1. The Balaban J connectivity index is 2.07.